The van der Waals surface area contributed by atoms with Gasteiger partial charge in [-0.1, -0.05) is 0 Å². The number of aliphatic hydroxyl groups is 1. The summed E-state index contributed by atoms with van der Waals surface area (Å²) in [5.41, 5.74) is -0.685. The summed E-state index contributed by atoms with van der Waals surface area (Å²) in [7, 11) is 1.59. The molecule has 92 valence electrons. The Bertz CT molecular complexity index is 415. The fraction of sp³-hybridized carbons (Fsp3) is 0.417. The van der Waals surface area contributed by atoms with E-state index in [0.29, 0.717) is 17.9 Å². The maximum atomic E-state index is 12.8. The Hall–Kier alpha value is -1.07. The first-order valence-corrected chi connectivity index (χ1v) is 6.52. The van der Waals surface area contributed by atoms with Crippen molar-refractivity contribution in [3.63, 3.8) is 0 Å². The molecule has 1 atom stereocenters. The molecule has 0 aliphatic carbocycles. The second kappa shape index (κ2) is 4.66. The summed E-state index contributed by atoms with van der Waals surface area (Å²) in [4.78, 5) is 13.5. The lowest BCUT2D eigenvalue weighted by Crippen LogP contribution is -2.47. The number of nitrogens with zero attached hydrogens (tertiary/aromatic N) is 1. The van der Waals surface area contributed by atoms with Crippen molar-refractivity contribution in [3.8, 4) is 0 Å². The van der Waals surface area contributed by atoms with E-state index >= 15 is 0 Å². The van der Waals surface area contributed by atoms with Crippen molar-refractivity contribution in [2.24, 2.45) is 0 Å². The van der Waals surface area contributed by atoms with Gasteiger partial charge in [0.15, 0.2) is 5.60 Å². The lowest BCUT2D eigenvalue weighted by Gasteiger charge is -2.27. The van der Waals surface area contributed by atoms with Gasteiger partial charge in [-0.3, -0.25) is 4.79 Å². The largest absolute Gasteiger partial charge is 0.379 e. The Morgan fingerprint density at radius 1 is 1.47 bits per heavy atom. The minimum absolute atomic E-state index is 0.325. The summed E-state index contributed by atoms with van der Waals surface area (Å²) in [6.45, 7) is 0. The Labute approximate surface area is 104 Å². The van der Waals surface area contributed by atoms with Gasteiger partial charge in [0, 0.05) is 18.5 Å². The lowest BCUT2D eigenvalue weighted by molar-refractivity contribution is -0.134. The molecule has 0 saturated carbocycles. The van der Waals surface area contributed by atoms with Crippen molar-refractivity contribution in [2.75, 3.05) is 23.5 Å². The molecule has 1 unspecified atom stereocenters. The van der Waals surface area contributed by atoms with E-state index < -0.39 is 5.60 Å². The first-order valence-electron chi connectivity index (χ1n) is 5.37. The first-order chi connectivity index (χ1) is 8.03. The Morgan fingerprint density at radius 3 is 2.65 bits per heavy atom. The zero-order valence-electron chi connectivity index (χ0n) is 9.52. The highest BCUT2D eigenvalue weighted by atomic mass is 32.2. The number of rotatable bonds is 2. The van der Waals surface area contributed by atoms with Crippen molar-refractivity contribution in [1.82, 2.24) is 0 Å². The Balaban J connectivity index is 2.17. The third-order valence-electron chi connectivity index (χ3n) is 2.92. The van der Waals surface area contributed by atoms with E-state index in [1.165, 1.54) is 29.2 Å². The van der Waals surface area contributed by atoms with Crippen molar-refractivity contribution in [2.45, 2.75) is 12.0 Å². The Kier molecular flexibility index (Phi) is 3.40. The predicted molar refractivity (Wildman–Crippen MR) is 66.7 cm³/mol. The Morgan fingerprint density at radius 2 is 2.12 bits per heavy atom. The second-order valence-electron chi connectivity index (χ2n) is 4.17. The van der Waals surface area contributed by atoms with Gasteiger partial charge in [0.1, 0.15) is 5.82 Å². The van der Waals surface area contributed by atoms with Gasteiger partial charge in [-0.2, -0.15) is 11.8 Å². The van der Waals surface area contributed by atoms with E-state index in [-0.39, 0.29) is 11.7 Å². The summed E-state index contributed by atoms with van der Waals surface area (Å²) in [6.07, 6.45) is 0.474. The fourth-order valence-corrected chi connectivity index (χ4v) is 3.05. The van der Waals surface area contributed by atoms with Crippen LogP contribution >= 0.6 is 11.8 Å². The molecule has 1 aromatic carbocycles. The molecule has 0 aromatic heterocycles. The number of carbonyl (C=O) groups is 1. The summed E-state index contributed by atoms with van der Waals surface area (Å²) >= 11 is 1.57. The molecule has 1 amide bonds. The topological polar surface area (TPSA) is 40.5 Å². The van der Waals surface area contributed by atoms with E-state index in [2.05, 4.69) is 0 Å². The molecule has 1 aliphatic heterocycles. The number of likely N-dealkylation sites (N-methyl/N-ethyl adjacent to an activating group) is 1. The predicted octanol–water partition coefficient (Wildman–Crippen LogP) is 1.66. The maximum Gasteiger partial charge on any atom is 0.259 e. The molecular formula is C12H14FNO2S. The van der Waals surface area contributed by atoms with Crippen molar-refractivity contribution < 1.29 is 14.3 Å². The molecule has 1 N–H and O–H groups in total. The average Bonchev–Trinajstić information content (AvgIpc) is 2.76. The summed E-state index contributed by atoms with van der Waals surface area (Å²) < 4.78 is 12.8. The van der Waals surface area contributed by atoms with Crippen LogP contribution in [0, 0.1) is 5.82 Å². The van der Waals surface area contributed by atoms with Gasteiger partial charge in [0.05, 0.1) is 0 Å². The monoisotopic (exact) mass is 255 g/mol. The molecule has 5 heteroatoms. The standard InChI is InChI=1S/C12H14FNO2S/c1-14(10-4-2-9(13)3-5-10)11(15)12(16)6-7-17-8-12/h2-5,16H,6-8H2,1H3. The minimum Gasteiger partial charge on any atom is -0.379 e. The van der Waals surface area contributed by atoms with Gasteiger partial charge in [0.2, 0.25) is 0 Å². The lowest BCUT2D eigenvalue weighted by atomic mass is 10.0. The molecular weight excluding hydrogens is 241 g/mol. The summed E-state index contributed by atoms with van der Waals surface area (Å²) in [6, 6.07) is 5.65. The number of amides is 1. The van der Waals surface area contributed by atoms with E-state index in [4.69, 9.17) is 0 Å². The van der Waals surface area contributed by atoms with Crippen LogP contribution in [0.15, 0.2) is 24.3 Å². The molecule has 0 spiro atoms. The van der Waals surface area contributed by atoms with E-state index in [1.807, 2.05) is 0 Å². The molecule has 1 saturated heterocycles. The summed E-state index contributed by atoms with van der Waals surface area (Å²) in [5.74, 6) is 0.551. The number of halogens is 1. The van der Waals surface area contributed by atoms with Gasteiger partial charge in [0.25, 0.3) is 5.91 Å². The SMILES string of the molecule is CN(C(=O)C1(O)CCSC1)c1ccc(F)cc1. The van der Waals surface area contributed by atoms with Gasteiger partial charge < -0.3 is 10.0 Å². The number of hydrogen-bond acceptors (Lipinski definition) is 3. The minimum atomic E-state index is -1.27. The van der Waals surface area contributed by atoms with Crippen molar-refractivity contribution in [1.29, 1.82) is 0 Å². The molecule has 17 heavy (non-hydrogen) atoms. The number of carbonyl (C=O) groups excluding carboxylic acids is 1. The summed E-state index contributed by atoms with van der Waals surface area (Å²) in [5, 5.41) is 10.2. The van der Waals surface area contributed by atoms with Crippen LogP contribution < -0.4 is 4.90 Å². The van der Waals surface area contributed by atoms with Gasteiger partial charge in [-0.05, 0) is 36.4 Å². The fourth-order valence-electron chi connectivity index (χ4n) is 1.82. The number of anilines is 1. The molecule has 0 bridgehead atoms. The quantitative estimate of drug-likeness (QED) is 0.873. The van der Waals surface area contributed by atoms with Crippen LogP contribution in [0.4, 0.5) is 10.1 Å². The molecule has 2 rings (SSSR count). The number of thioether (sulfide) groups is 1. The third-order valence-corrected chi connectivity index (χ3v) is 4.09. The molecule has 1 heterocycles. The second-order valence-corrected chi connectivity index (χ2v) is 5.28. The highest BCUT2D eigenvalue weighted by molar-refractivity contribution is 7.99. The highest BCUT2D eigenvalue weighted by Gasteiger charge is 2.41. The van der Waals surface area contributed by atoms with E-state index in [0.717, 1.165) is 5.75 Å². The zero-order valence-corrected chi connectivity index (χ0v) is 10.3. The smallest absolute Gasteiger partial charge is 0.259 e. The van der Waals surface area contributed by atoms with Crippen LogP contribution in [0.2, 0.25) is 0 Å². The molecule has 3 nitrogen and oxygen atoms in total. The first kappa shape index (κ1) is 12.4. The molecule has 1 fully saturated rings. The average molecular weight is 255 g/mol. The van der Waals surface area contributed by atoms with E-state index in [9.17, 15) is 14.3 Å². The van der Waals surface area contributed by atoms with Crippen LogP contribution in [0.3, 0.4) is 0 Å². The molecule has 1 aliphatic rings. The van der Waals surface area contributed by atoms with Crippen LogP contribution in [-0.2, 0) is 4.79 Å². The van der Waals surface area contributed by atoms with Gasteiger partial charge in [-0.15, -0.1) is 0 Å². The number of benzene rings is 1. The van der Waals surface area contributed by atoms with Crippen LogP contribution in [0.5, 0.6) is 0 Å². The normalized spacial score (nSPS) is 23.7. The van der Waals surface area contributed by atoms with Gasteiger partial charge in [-0.25, -0.2) is 4.39 Å². The molecule has 1 aromatic rings. The van der Waals surface area contributed by atoms with Crippen LogP contribution in [0.1, 0.15) is 6.42 Å². The van der Waals surface area contributed by atoms with E-state index in [1.54, 1.807) is 18.8 Å². The maximum absolute atomic E-state index is 12.8. The molecule has 0 radical (unpaired) electrons. The van der Waals surface area contributed by atoms with Crippen LogP contribution in [0.25, 0.3) is 0 Å². The van der Waals surface area contributed by atoms with Crippen molar-refractivity contribution in [3.05, 3.63) is 30.1 Å². The highest BCUT2D eigenvalue weighted by Crippen LogP contribution is 2.30. The van der Waals surface area contributed by atoms with Gasteiger partial charge >= 0.3 is 0 Å². The zero-order chi connectivity index (χ0) is 12.5. The van der Waals surface area contributed by atoms with Crippen molar-refractivity contribution >= 4 is 23.4 Å². The number of hydrogen-bond donors (Lipinski definition) is 1. The van der Waals surface area contributed by atoms with Crippen LogP contribution in [-0.4, -0.2) is 35.2 Å². The third kappa shape index (κ3) is 2.45.